The lowest BCUT2D eigenvalue weighted by Gasteiger charge is -2.27. The van der Waals surface area contributed by atoms with E-state index in [0.717, 1.165) is 35.2 Å². The molecule has 2 aromatic rings. The minimum absolute atomic E-state index is 0.0405. The number of fused-ring (bicyclic) bond motifs is 1. The molecule has 1 N–H and O–H groups in total. The van der Waals surface area contributed by atoms with Gasteiger partial charge < -0.3 is 10.2 Å². The summed E-state index contributed by atoms with van der Waals surface area (Å²) < 4.78 is 0. The molecule has 0 radical (unpaired) electrons. The van der Waals surface area contributed by atoms with Crippen molar-refractivity contribution in [1.82, 2.24) is 5.32 Å². The second-order valence-corrected chi connectivity index (χ2v) is 7.87. The van der Waals surface area contributed by atoms with Crippen LogP contribution in [0.4, 0.5) is 5.69 Å². The predicted octanol–water partition coefficient (Wildman–Crippen LogP) is 3.89. The lowest BCUT2D eigenvalue weighted by molar-refractivity contribution is -0.127. The van der Waals surface area contributed by atoms with E-state index in [4.69, 9.17) is 0 Å². The van der Waals surface area contributed by atoms with Gasteiger partial charge in [0.15, 0.2) is 0 Å². The Morgan fingerprint density at radius 3 is 2.58 bits per heavy atom. The molecule has 1 saturated carbocycles. The predicted molar refractivity (Wildman–Crippen MR) is 104 cm³/mol. The molecule has 4 heteroatoms. The molecule has 1 heterocycles. The topological polar surface area (TPSA) is 49.4 Å². The molecule has 0 aromatic heterocycles. The first kappa shape index (κ1) is 17.1. The number of nitrogens with zero attached hydrogens (tertiary/aromatic N) is 1. The quantitative estimate of drug-likeness (QED) is 0.913. The van der Waals surface area contributed by atoms with Crippen molar-refractivity contribution in [2.45, 2.75) is 45.1 Å². The molecule has 0 bridgehead atoms. The SMILES string of the molecule is CC1CCC(NC(=O)[C@H]2CC(=O)N(c3cccc4ccccc34)C2)CC1. The van der Waals surface area contributed by atoms with Gasteiger partial charge in [-0.05, 0) is 43.1 Å². The molecule has 1 atom stereocenters. The Morgan fingerprint density at radius 1 is 1.04 bits per heavy atom. The van der Waals surface area contributed by atoms with E-state index in [2.05, 4.69) is 12.2 Å². The zero-order valence-corrected chi connectivity index (χ0v) is 15.3. The zero-order chi connectivity index (χ0) is 18.1. The molecule has 1 aliphatic carbocycles. The fourth-order valence-corrected chi connectivity index (χ4v) is 4.28. The summed E-state index contributed by atoms with van der Waals surface area (Å²) in [6, 6.07) is 14.3. The van der Waals surface area contributed by atoms with Crippen LogP contribution in [0.15, 0.2) is 42.5 Å². The summed E-state index contributed by atoms with van der Waals surface area (Å²) in [5.41, 5.74) is 0.912. The van der Waals surface area contributed by atoms with Gasteiger partial charge in [-0.3, -0.25) is 9.59 Å². The summed E-state index contributed by atoms with van der Waals surface area (Å²) in [6.45, 7) is 2.75. The van der Waals surface area contributed by atoms with Gasteiger partial charge in [-0.1, -0.05) is 43.3 Å². The summed E-state index contributed by atoms with van der Waals surface area (Å²) in [5, 5.41) is 5.37. The molecule has 4 nitrogen and oxygen atoms in total. The Bertz CT molecular complexity index is 819. The summed E-state index contributed by atoms with van der Waals surface area (Å²) in [6.07, 6.45) is 4.77. The molecule has 26 heavy (non-hydrogen) atoms. The van der Waals surface area contributed by atoms with E-state index in [1.54, 1.807) is 4.90 Å². The maximum absolute atomic E-state index is 12.7. The number of benzene rings is 2. The summed E-state index contributed by atoms with van der Waals surface area (Å²) in [7, 11) is 0. The van der Waals surface area contributed by atoms with E-state index in [0.29, 0.717) is 13.0 Å². The number of carbonyl (C=O) groups excluding carboxylic acids is 2. The standard InChI is InChI=1S/C22H26N2O2/c1-15-9-11-18(12-10-15)23-22(26)17-13-21(25)24(14-17)20-8-4-6-16-5-2-3-7-19(16)20/h2-8,15,17-18H,9-14H2,1H3,(H,23,26)/t15?,17-,18?/m0/s1. The highest BCUT2D eigenvalue weighted by molar-refractivity contribution is 6.07. The van der Waals surface area contributed by atoms with Gasteiger partial charge in [0.25, 0.3) is 0 Å². The molecule has 4 rings (SSSR count). The number of anilines is 1. The number of carbonyl (C=O) groups is 2. The fourth-order valence-electron chi connectivity index (χ4n) is 4.28. The average molecular weight is 350 g/mol. The van der Waals surface area contributed by atoms with E-state index in [1.807, 2.05) is 42.5 Å². The van der Waals surface area contributed by atoms with Crippen LogP contribution in [-0.2, 0) is 9.59 Å². The van der Waals surface area contributed by atoms with Gasteiger partial charge in [-0.25, -0.2) is 0 Å². The summed E-state index contributed by atoms with van der Waals surface area (Å²) >= 11 is 0. The van der Waals surface area contributed by atoms with E-state index < -0.39 is 0 Å². The zero-order valence-electron chi connectivity index (χ0n) is 15.3. The minimum Gasteiger partial charge on any atom is -0.353 e. The highest BCUT2D eigenvalue weighted by Crippen LogP contribution is 2.32. The maximum atomic E-state index is 12.7. The minimum atomic E-state index is -0.249. The van der Waals surface area contributed by atoms with Gasteiger partial charge in [-0.2, -0.15) is 0 Å². The Morgan fingerprint density at radius 2 is 1.77 bits per heavy atom. The highest BCUT2D eigenvalue weighted by atomic mass is 16.2. The Balaban J connectivity index is 1.47. The van der Waals surface area contributed by atoms with Crippen molar-refractivity contribution in [3.63, 3.8) is 0 Å². The Hall–Kier alpha value is -2.36. The van der Waals surface area contributed by atoms with Crippen molar-refractivity contribution in [3.8, 4) is 0 Å². The van der Waals surface area contributed by atoms with Crippen LogP contribution in [0.1, 0.15) is 39.0 Å². The molecule has 2 aliphatic rings. The first-order valence-corrected chi connectivity index (χ1v) is 9.70. The lowest BCUT2D eigenvalue weighted by Crippen LogP contribution is -2.41. The lowest BCUT2D eigenvalue weighted by atomic mass is 9.87. The molecule has 2 amide bonds. The van der Waals surface area contributed by atoms with E-state index in [9.17, 15) is 9.59 Å². The molecule has 136 valence electrons. The number of rotatable bonds is 3. The van der Waals surface area contributed by atoms with Crippen molar-refractivity contribution < 1.29 is 9.59 Å². The summed E-state index contributed by atoms with van der Waals surface area (Å²) in [5.74, 6) is 0.596. The smallest absolute Gasteiger partial charge is 0.227 e. The van der Waals surface area contributed by atoms with Gasteiger partial charge in [0.2, 0.25) is 11.8 Å². The molecule has 0 spiro atoms. The monoisotopic (exact) mass is 350 g/mol. The first-order valence-electron chi connectivity index (χ1n) is 9.70. The van der Waals surface area contributed by atoms with Crippen molar-refractivity contribution in [2.75, 3.05) is 11.4 Å². The second-order valence-electron chi connectivity index (χ2n) is 7.87. The highest BCUT2D eigenvalue weighted by Gasteiger charge is 2.36. The van der Waals surface area contributed by atoms with Crippen LogP contribution in [0.5, 0.6) is 0 Å². The maximum Gasteiger partial charge on any atom is 0.227 e. The molecule has 1 saturated heterocycles. The largest absolute Gasteiger partial charge is 0.353 e. The summed E-state index contributed by atoms with van der Waals surface area (Å²) in [4.78, 5) is 27.1. The fraction of sp³-hybridized carbons (Fsp3) is 0.455. The van der Waals surface area contributed by atoms with Gasteiger partial charge in [-0.15, -0.1) is 0 Å². The Kier molecular flexibility index (Phi) is 4.66. The van der Waals surface area contributed by atoms with Crippen LogP contribution in [0, 0.1) is 11.8 Å². The van der Waals surface area contributed by atoms with Gasteiger partial charge in [0.05, 0.1) is 11.6 Å². The number of hydrogen-bond donors (Lipinski definition) is 1. The van der Waals surface area contributed by atoms with E-state index >= 15 is 0 Å². The number of amides is 2. The third-order valence-electron chi connectivity index (χ3n) is 5.92. The van der Waals surface area contributed by atoms with Gasteiger partial charge >= 0.3 is 0 Å². The van der Waals surface area contributed by atoms with Gasteiger partial charge in [0, 0.05) is 24.4 Å². The number of hydrogen-bond acceptors (Lipinski definition) is 2. The first-order chi connectivity index (χ1) is 12.6. The van der Waals surface area contributed by atoms with Crippen molar-refractivity contribution >= 4 is 28.3 Å². The van der Waals surface area contributed by atoms with Crippen molar-refractivity contribution in [3.05, 3.63) is 42.5 Å². The third-order valence-corrected chi connectivity index (χ3v) is 5.92. The molecule has 2 aromatic carbocycles. The third kappa shape index (κ3) is 3.33. The van der Waals surface area contributed by atoms with E-state index in [1.165, 1.54) is 12.8 Å². The van der Waals surface area contributed by atoms with Crippen LogP contribution >= 0.6 is 0 Å². The molecule has 1 aliphatic heterocycles. The molecular weight excluding hydrogens is 324 g/mol. The van der Waals surface area contributed by atoms with Crippen molar-refractivity contribution in [2.24, 2.45) is 11.8 Å². The van der Waals surface area contributed by atoms with Crippen molar-refractivity contribution in [1.29, 1.82) is 0 Å². The molecular formula is C22H26N2O2. The van der Waals surface area contributed by atoms with E-state index in [-0.39, 0.29) is 23.8 Å². The van der Waals surface area contributed by atoms with Crippen LogP contribution in [0.25, 0.3) is 10.8 Å². The van der Waals surface area contributed by atoms with Crippen LogP contribution in [-0.4, -0.2) is 24.4 Å². The molecule has 0 unspecified atom stereocenters. The normalized spacial score (nSPS) is 26.3. The second kappa shape index (κ2) is 7.10. The Labute approximate surface area is 154 Å². The van der Waals surface area contributed by atoms with Crippen LogP contribution in [0.2, 0.25) is 0 Å². The average Bonchev–Trinajstić information content (AvgIpc) is 3.05. The molecule has 2 fully saturated rings. The number of nitrogens with one attached hydrogen (secondary N) is 1. The van der Waals surface area contributed by atoms with Gasteiger partial charge in [0.1, 0.15) is 0 Å². The van der Waals surface area contributed by atoms with Crippen LogP contribution < -0.4 is 10.2 Å². The van der Waals surface area contributed by atoms with Crippen LogP contribution in [0.3, 0.4) is 0 Å².